The van der Waals surface area contributed by atoms with E-state index in [0.29, 0.717) is 6.04 Å². The van der Waals surface area contributed by atoms with Crippen LogP contribution >= 0.6 is 0 Å². The molecule has 106 valence electrons. The smallest absolute Gasteiger partial charge is 0.309 e. The van der Waals surface area contributed by atoms with Gasteiger partial charge in [-0.05, 0) is 39.3 Å². The summed E-state index contributed by atoms with van der Waals surface area (Å²) >= 11 is 0. The predicted octanol–water partition coefficient (Wildman–Crippen LogP) is 1.85. The second-order valence-corrected chi connectivity index (χ2v) is 5.48. The van der Waals surface area contributed by atoms with Crippen molar-refractivity contribution in [2.45, 2.75) is 39.3 Å². The average molecular weight is 265 g/mol. The molecule has 1 fully saturated rings. The molecule has 19 heavy (non-hydrogen) atoms. The van der Waals surface area contributed by atoms with E-state index < -0.39 is 0 Å². The lowest BCUT2D eigenvalue weighted by Crippen LogP contribution is -2.38. The van der Waals surface area contributed by atoms with Crippen LogP contribution in [0.15, 0.2) is 12.3 Å². The molecule has 5 nitrogen and oxygen atoms in total. The van der Waals surface area contributed by atoms with Gasteiger partial charge in [0.05, 0.1) is 18.7 Å². The van der Waals surface area contributed by atoms with Gasteiger partial charge in [-0.25, -0.2) is 0 Å². The third kappa shape index (κ3) is 3.56. The summed E-state index contributed by atoms with van der Waals surface area (Å²) in [6, 6.07) is 2.44. The Balaban J connectivity index is 1.92. The maximum atomic E-state index is 11.6. The molecule has 0 saturated carbocycles. The fraction of sp³-hybridized carbons (Fsp3) is 0.714. The molecule has 0 amide bonds. The Bertz CT molecular complexity index is 428. The Labute approximate surface area is 114 Å². The minimum absolute atomic E-state index is 0.0194. The van der Waals surface area contributed by atoms with Gasteiger partial charge in [-0.15, -0.1) is 0 Å². The van der Waals surface area contributed by atoms with Gasteiger partial charge < -0.3 is 4.74 Å². The van der Waals surface area contributed by atoms with E-state index in [-0.39, 0.29) is 11.9 Å². The van der Waals surface area contributed by atoms with Crippen LogP contribution in [0.1, 0.15) is 38.4 Å². The van der Waals surface area contributed by atoms with Gasteiger partial charge in [0.2, 0.25) is 0 Å². The molecule has 1 aliphatic heterocycles. The minimum Gasteiger partial charge on any atom is -0.469 e. The number of carbonyl (C=O) groups excluding carboxylic acids is 1. The second kappa shape index (κ2) is 6.19. The molecule has 0 bridgehead atoms. The standard InChI is InChI=1S/C14H23N3O2/c1-11(2)17-8-6-13(15-17)10-16-7-4-5-12(9-16)14(18)19-3/h6,8,11-12H,4-5,7,9-10H2,1-3H3. The number of ether oxygens (including phenoxy) is 1. The zero-order valence-corrected chi connectivity index (χ0v) is 12.0. The summed E-state index contributed by atoms with van der Waals surface area (Å²) in [5.41, 5.74) is 1.07. The van der Waals surface area contributed by atoms with Crippen LogP contribution < -0.4 is 0 Å². The minimum atomic E-state index is -0.0857. The van der Waals surface area contributed by atoms with Crippen molar-refractivity contribution >= 4 is 5.97 Å². The number of rotatable bonds is 4. The van der Waals surface area contributed by atoms with Gasteiger partial charge in [-0.3, -0.25) is 14.4 Å². The Morgan fingerprint density at radius 2 is 2.37 bits per heavy atom. The van der Waals surface area contributed by atoms with E-state index >= 15 is 0 Å². The quantitative estimate of drug-likeness (QED) is 0.780. The van der Waals surface area contributed by atoms with Crippen LogP contribution in [-0.2, 0) is 16.1 Å². The zero-order chi connectivity index (χ0) is 13.8. The third-order valence-electron chi connectivity index (χ3n) is 3.62. The lowest BCUT2D eigenvalue weighted by molar-refractivity contribution is -0.147. The van der Waals surface area contributed by atoms with Crippen molar-refractivity contribution in [2.24, 2.45) is 5.92 Å². The monoisotopic (exact) mass is 265 g/mol. The molecule has 0 N–H and O–H groups in total. The van der Waals surface area contributed by atoms with Gasteiger partial charge in [0.25, 0.3) is 0 Å². The van der Waals surface area contributed by atoms with Gasteiger partial charge in [-0.2, -0.15) is 5.10 Å². The summed E-state index contributed by atoms with van der Waals surface area (Å²) in [5, 5.41) is 4.55. The molecule has 0 aromatic carbocycles. The number of esters is 1. The van der Waals surface area contributed by atoms with E-state index in [1.165, 1.54) is 7.11 Å². The SMILES string of the molecule is COC(=O)C1CCCN(Cc2ccn(C(C)C)n2)C1. The van der Waals surface area contributed by atoms with E-state index in [0.717, 1.165) is 38.2 Å². The van der Waals surface area contributed by atoms with Crippen LogP contribution in [-0.4, -0.2) is 40.8 Å². The van der Waals surface area contributed by atoms with Crippen molar-refractivity contribution < 1.29 is 9.53 Å². The van der Waals surface area contributed by atoms with Crippen LogP contribution in [0, 0.1) is 5.92 Å². The second-order valence-electron chi connectivity index (χ2n) is 5.48. The van der Waals surface area contributed by atoms with Gasteiger partial charge in [-0.1, -0.05) is 0 Å². The highest BCUT2D eigenvalue weighted by molar-refractivity contribution is 5.72. The van der Waals surface area contributed by atoms with Gasteiger partial charge in [0.1, 0.15) is 0 Å². The molecule has 5 heteroatoms. The number of carbonyl (C=O) groups is 1. The largest absolute Gasteiger partial charge is 0.469 e. The molecule has 0 radical (unpaired) electrons. The highest BCUT2D eigenvalue weighted by Gasteiger charge is 2.26. The normalized spacial score (nSPS) is 20.7. The number of methoxy groups -OCH3 is 1. The molecule has 1 unspecified atom stereocenters. The van der Waals surface area contributed by atoms with Crippen molar-refractivity contribution in [2.75, 3.05) is 20.2 Å². The van der Waals surface area contributed by atoms with Gasteiger partial charge in [0.15, 0.2) is 0 Å². The molecule has 1 aromatic heterocycles. The first-order valence-electron chi connectivity index (χ1n) is 6.94. The molecule has 1 aromatic rings. The Morgan fingerprint density at radius 3 is 3.00 bits per heavy atom. The van der Waals surface area contributed by atoms with Crippen LogP contribution in [0.2, 0.25) is 0 Å². The Hall–Kier alpha value is -1.36. The predicted molar refractivity (Wildman–Crippen MR) is 72.6 cm³/mol. The van der Waals surface area contributed by atoms with E-state index in [1.807, 2.05) is 10.9 Å². The van der Waals surface area contributed by atoms with Gasteiger partial charge >= 0.3 is 5.97 Å². The van der Waals surface area contributed by atoms with E-state index in [1.54, 1.807) is 0 Å². The third-order valence-corrected chi connectivity index (χ3v) is 3.62. The van der Waals surface area contributed by atoms with Crippen molar-refractivity contribution in [3.63, 3.8) is 0 Å². The molecule has 2 heterocycles. The first-order valence-corrected chi connectivity index (χ1v) is 6.94. The summed E-state index contributed by atoms with van der Waals surface area (Å²) in [5.74, 6) is -0.0663. The van der Waals surface area contributed by atoms with Crippen LogP contribution in [0.4, 0.5) is 0 Å². The first kappa shape index (κ1) is 14.1. The van der Waals surface area contributed by atoms with Crippen molar-refractivity contribution in [3.05, 3.63) is 18.0 Å². The lowest BCUT2D eigenvalue weighted by Gasteiger charge is -2.30. The zero-order valence-electron chi connectivity index (χ0n) is 12.0. The highest BCUT2D eigenvalue weighted by atomic mass is 16.5. The molecule has 0 spiro atoms. The molecule has 1 atom stereocenters. The van der Waals surface area contributed by atoms with E-state index in [4.69, 9.17) is 4.74 Å². The van der Waals surface area contributed by atoms with Crippen LogP contribution in [0.5, 0.6) is 0 Å². The molecular formula is C14H23N3O2. The molecule has 0 aliphatic carbocycles. The van der Waals surface area contributed by atoms with E-state index in [2.05, 4.69) is 29.9 Å². The average Bonchev–Trinajstić information content (AvgIpc) is 2.87. The molecule has 2 rings (SSSR count). The van der Waals surface area contributed by atoms with Crippen LogP contribution in [0.3, 0.4) is 0 Å². The Morgan fingerprint density at radius 1 is 1.58 bits per heavy atom. The molecule has 1 saturated heterocycles. The highest BCUT2D eigenvalue weighted by Crippen LogP contribution is 2.19. The fourth-order valence-electron chi connectivity index (χ4n) is 2.54. The topological polar surface area (TPSA) is 47.4 Å². The number of piperidine rings is 1. The number of nitrogens with zero attached hydrogens (tertiary/aromatic N) is 3. The number of hydrogen-bond acceptors (Lipinski definition) is 4. The number of likely N-dealkylation sites (tertiary alicyclic amines) is 1. The van der Waals surface area contributed by atoms with Crippen LogP contribution in [0.25, 0.3) is 0 Å². The van der Waals surface area contributed by atoms with Crippen molar-refractivity contribution in [1.29, 1.82) is 0 Å². The summed E-state index contributed by atoms with van der Waals surface area (Å²) in [4.78, 5) is 13.9. The summed E-state index contributed by atoms with van der Waals surface area (Å²) < 4.78 is 6.81. The molecular weight excluding hydrogens is 242 g/mol. The molecule has 1 aliphatic rings. The Kier molecular flexibility index (Phi) is 4.58. The summed E-state index contributed by atoms with van der Waals surface area (Å²) in [6.45, 7) is 6.85. The van der Waals surface area contributed by atoms with Gasteiger partial charge in [0, 0.05) is 25.3 Å². The lowest BCUT2D eigenvalue weighted by atomic mass is 9.98. The number of hydrogen-bond donors (Lipinski definition) is 0. The maximum Gasteiger partial charge on any atom is 0.309 e. The summed E-state index contributed by atoms with van der Waals surface area (Å²) in [7, 11) is 1.46. The van der Waals surface area contributed by atoms with Crippen molar-refractivity contribution in [3.8, 4) is 0 Å². The maximum absolute atomic E-state index is 11.6. The fourth-order valence-corrected chi connectivity index (χ4v) is 2.54. The number of aromatic nitrogens is 2. The first-order chi connectivity index (χ1) is 9.10. The summed E-state index contributed by atoms with van der Waals surface area (Å²) in [6.07, 6.45) is 4.00. The van der Waals surface area contributed by atoms with Crippen molar-refractivity contribution in [1.82, 2.24) is 14.7 Å². The van der Waals surface area contributed by atoms with E-state index in [9.17, 15) is 4.79 Å².